The Balaban J connectivity index is 1.68. The van der Waals surface area contributed by atoms with Gasteiger partial charge in [0.25, 0.3) is 0 Å². The molecule has 12 unspecified atom stereocenters. The molecule has 65 heavy (non-hydrogen) atoms. The molecule has 0 aromatic carbocycles. The molecule has 9 N–H and O–H groups in total. The number of carbonyl (C=O) groups excluding carboxylic acids is 1. The molecule has 0 bridgehead atoms. The summed E-state index contributed by atoms with van der Waals surface area (Å²) in [5.41, 5.74) is 0. The van der Waals surface area contributed by atoms with Crippen molar-refractivity contribution in [3.63, 3.8) is 0 Å². The fraction of sp³-hybridized carbons (Fsp3) is 0.941. The molecular weight excluding hydrogens is 835 g/mol. The number of rotatable bonds is 41. The molecule has 2 aliphatic rings. The minimum absolute atomic E-state index is 0.240. The van der Waals surface area contributed by atoms with E-state index in [1.165, 1.54) is 135 Å². The van der Waals surface area contributed by atoms with Gasteiger partial charge in [-0.1, -0.05) is 199 Å². The number of aliphatic hydroxyl groups excluding tert-OH is 8. The first-order valence-electron chi connectivity index (χ1n) is 26.4. The van der Waals surface area contributed by atoms with Gasteiger partial charge in [-0.25, -0.2) is 0 Å². The molecule has 0 spiro atoms. The lowest BCUT2D eigenvalue weighted by atomic mass is 9.97. The van der Waals surface area contributed by atoms with Crippen LogP contribution in [0.1, 0.15) is 213 Å². The van der Waals surface area contributed by atoms with E-state index in [1.807, 2.05) is 6.08 Å². The Bertz CT molecular complexity index is 1150. The molecule has 1 amide bonds. The van der Waals surface area contributed by atoms with E-state index >= 15 is 0 Å². The van der Waals surface area contributed by atoms with Crippen LogP contribution in [0.3, 0.4) is 0 Å². The van der Waals surface area contributed by atoms with Crippen molar-refractivity contribution in [3.8, 4) is 0 Å². The molecule has 14 heteroatoms. The molecule has 0 aliphatic carbocycles. The van der Waals surface area contributed by atoms with Gasteiger partial charge in [-0.05, 0) is 19.3 Å². The summed E-state index contributed by atoms with van der Waals surface area (Å²) >= 11 is 0. The van der Waals surface area contributed by atoms with Crippen molar-refractivity contribution in [2.24, 2.45) is 0 Å². The van der Waals surface area contributed by atoms with Crippen LogP contribution in [0.25, 0.3) is 0 Å². The molecule has 2 fully saturated rings. The van der Waals surface area contributed by atoms with Gasteiger partial charge in [0.1, 0.15) is 48.8 Å². The third kappa shape index (κ3) is 25.8. The third-order valence-corrected chi connectivity index (χ3v) is 13.2. The number of ether oxygens (including phenoxy) is 4. The van der Waals surface area contributed by atoms with Crippen LogP contribution in [0.15, 0.2) is 12.2 Å². The van der Waals surface area contributed by atoms with Gasteiger partial charge < -0.3 is 65.1 Å². The van der Waals surface area contributed by atoms with E-state index in [0.29, 0.717) is 6.42 Å². The predicted molar refractivity (Wildman–Crippen MR) is 254 cm³/mol. The summed E-state index contributed by atoms with van der Waals surface area (Å²) in [4.78, 5) is 13.1. The molecule has 0 aromatic rings. The van der Waals surface area contributed by atoms with E-state index < -0.39 is 86.8 Å². The summed E-state index contributed by atoms with van der Waals surface area (Å²) in [5, 5.41) is 86.4. The van der Waals surface area contributed by atoms with E-state index in [1.54, 1.807) is 6.08 Å². The lowest BCUT2D eigenvalue weighted by Crippen LogP contribution is -2.65. The van der Waals surface area contributed by atoms with Crippen molar-refractivity contribution in [3.05, 3.63) is 12.2 Å². The zero-order chi connectivity index (χ0) is 47.5. The average molecular weight is 932 g/mol. The fourth-order valence-electron chi connectivity index (χ4n) is 8.88. The minimum Gasteiger partial charge on any atom is -0.394 e. The van der Waals surface area contributed by atoms with E-state index in [2.05, 4.69) is 19.2 Å². The minimum atomic E-state index is -1.78. The Morgan fingerprint density at radius 2 is 0.954 bits per heavy atom. The quantitative estimate of drug-likeness (QED) is 0.0219. The number of carbonyl (C=O) groups is 1. The number of aliphatic hydroxyl groups is 8. The summed E-state index contributed by atoms with van der Waals surface area (Å²) in [6.07, 6.45) is 24.4. The highest BCUT2D eigenvalue weighted by atomic mass is 16.7. The summed E-state index contributed by atoms with van der Waals surface area (Å²) in [6.45, 7) is 2.73. The summed E-state index contributed by atoms with van der Waals surface area (Å²) < 4.78 is 22.6. The van der Waals surface area contributed by atoms with Gasteiger partial charge in [-0.3, -0.25) is 4.79 Å². The molecule has 0 aromatic heterocycles. The first-order valence-corrected chi connectivity index (χ1v) is 26.4. The zero-order valence-corrected chi connectivity index (χ0v) is 40.7. The molecule has 384 valence electrons. The van der Waals surface area contributed by atoms with Crippen molar-refractivity contribution in [2.45, 2.75) is 286 Å². The molecule has 14 nitrogen and oxygen atoms in total. The van der Waals surface area contributed by atoms with Crippen LogP contribution in [0.4, 0.5) is 0 Å². The van der Waals surface area contributed by atoms with E-state index in [9.17, 15) is 45.6 Å². The maximum absolute atomic E-state index is 13.1. The van der Waals surface area contributed by atoms with Crippen molar-refractivity contribution < 1.29 is 64.6 Å². The van der Waals surface area contributed by atoms with Gasteiger partial charge in [0.05, 0.1) is 32.0 Å². The number of unbranched alkanes of at least 4 members (excludes halogenated alkanes) is 28. The number of hydrogen-bond acceptors (Lipinski definition) is 13. The SMILES string of the molecule is CCCCCCC/C=C/C(O)C(COC1OC(CO)C(OC2OC(CO)C(O)C(O)C2O)C(O)C1O)NC(=O)CCCCCCCCCCCCCCCCCCCCCCCCCC. The smallest absolute Gasteiger partial charge is 0.220 e. The van der Waals surface area contributed by atoms with Gasteiger partial charge in [0, 0.05) is 6.42 Å². The Labute approximate surface area is 393 Å². The molecule has 2 heterocycles. The maximum atomic E-state index is 13.1. The summed E-state index contributed by atoms with van der Waals surface area (Å²) in [6, 6.07) is -0.906. The number of allylic oxidation sites excluding steroid dienone is 1. The highest BCUT2D eigenvalue weighted by Crippen LogP contribution is 2.30. The topological polar surface area (TPSA) is 228 Å². The normalized spacial score (nSPS) is 27.0. The van der Waals surface area contributed by atoms with Gasteiger partial charge in [0.2, 0.25) is 5.91 Å². The molecule has 12 atom stereocenters. The first kappa shape index (κ1) is 59.9. The predicted octanol–water partition coefficient (Wildman–Crippen LogP) is 7.16. The first-order chi connectivity index (χ1) is 31.6. The Morgan fingerprint density at radius 3 is 1.42 bits per heavy atom. The number of nitrogens with one attached hydrogen (secondary N) is 1. The molecule has 0 saturated carbocycles. The van der Waals surface area contributed by atoms with Gasteiger partial charge in [-0.2, -0.15) is 0 Å². The van der Waals surface area contributed by atoms with E-state index in [0.717, 1.165) is 51.4 Å². The zero-order valence-electron chi connectivity index (χ0n) is 40.7. The average Bonchev–Trinajstić information content (AvgIpc) is 3.30. The second-order valence-electron chi connectivity index (χ2n) is 19.0. The van der Waals surface area contributed by atoms with Gasteiger partial charge >= 0.3 is 0 Å². The van der Waals surface area contributed by atoms with Crippen LogP contribution in [0.5, 0.6) is 0 Å². The summed E-state index contributed by atoms with van der Waals surface area (Å²) in [5.74, 6) is -0.240. The monoisotopic (exact) mass is 932 g/mol. The molecule has 0 radical (unpaired) electrons. The Morgan fingerprint density at radius 1 is 0.538 bits per heavy atom. The van der Waals surface area contributed by atoms with Crippen LogP contribution in [0.2, 0.25) is 0 Å². The van der Waals surface area contributed by atoms with Gasteiger partial charge in [-0.15, -0.1) is 0 Å². The van der Waals surface area contributed by atoms with Crippen LogP contribution in [-0.4, -0.2) is 140 Å². The van der Waals surface area contributed by atoms with Gasteiger partial charge in [0.15, 0.2) is 12.6 Å². The summed E-state index contributed by atoms with van der Waals surface area (Å²) in [7, 11) is 0. The largest absolute Gasteiger partial charge is 0.394 e. The van der Waals surface area contributed by atoms with Crippen molar-refractivity contribution in [1.29, 1.82) is 0 Å². The lowest BCUT2D eigenvalue weighted by Gasteiger charge is -2.46. The van der Waals surface area contributed by atoms with Crippen LogP contribution in [-0.2, 0) is 23.7 Å². The third-order valence-electron chi connectivity index (χ3n) is 13.2. The van der Waals surface area contributed by atoms with E-state index in [4.69, 9.17) is 18.9 Å². The highest BCUT2D eigenvalue weighted by molar-refractivity contribution is 5.76. The lowest BCUT2D eigenvalue weighted by molar-refractivity contribution is -0.359. The standard InChI is InChI=1S/C51H97NO13/c1-3-5-7-9-11-12-13-14-15-16-17-18-19-20-21-22-23-24-25-26-27-29-31-33-35-43(56)52-39(40(55)34-32-30-28-10-8-6-4-2)38-62-50-48(61)46(59)49(42(37-54)64-50)65-51-47(60)45(58)44(57)41(36-53)63-51/h32,34,39-42,44-51,53-55,57-61H,3-31,33,35-38H2,1-2H3,(H,52,56)/b34-32+. The van der Waals surface area contributed by atoms with Crippen LogP contribution in [0, 0.1) is 0 Å². The van der Waals surface area contributed by atoms with Crippen LogP contribution >= 0.6 is 0 Å². The van der Waals surface area contributed by atoms with Crippen molar-refractivity contribution in [1.82, 2.24) is 5.32 Å². The number of hydrogen-bond donors (Lipinski definition) is 9. The highest BCUT2D eigenvalue weighted by Gasteiger charge is 2.51. The molecule has 2 rings (SSSR count). The van der Waals surface area contributed by atoms with E-state index in [-0.39, 0.29) is 18.9 Å². The second kappa shape index (κ2) is 38.6. The van der Waals surface area contributed by atoms with Crippen molar-refractivity contribution >= 4 is 5.91 Å². The molecule has 2 saturated heterocycles. The maximum Gasteiger partial charge on any atom is 0.220 e. The Hall–Kier alpha value is -1.27. The van der Waals surface area contributed by atoms with Crippen molar-refractivity contribution in [2.75, 3.05) is 19.8 Å². The second-order valence-corrected chi connectivity index (χ2v) is 19.0. The molecule has 2 aliphatic heterocycles. The van der Waals surface area contributed by atoms with Crippen LogP contribution < -0.4 is 5.32 Å². The number of amides is 1. The Kier molecular flexibility index (Phi) is 35.5. The molecular formula is C51H97NO13. The fourth-order valence-corrected chi connectivity index (χ4v) is 8.88.